The number of halogens is 3. The van der Waals surface area contributed by atoms with Gasteiger partial charge >= 0.3 is 0 Å². The molecule has 1 aromatic rings. The minimum atomic E-state index is -2.79. The van der Waals surface area contributed by atoms with Crippen LogP contribution in [0.25, 0.3) is 0 Å². The van der Waals surface area contributed by atoms with Crippen molar-refractivity contribution in [2.24, 2.45) is 0 Å². The third-order valence-electron chi connectivity index (χ3n) is 1.66. The number of aromatic amines is 1. The highest BCUT2D eigenvalue weighted by Gasteiger charge is 2.17. The zero-order valence-corrected chi connectivity index (χ0v) is 8.44. The van der Waals surface area contributed by atoms with Gasteiger partial charge in [0.2, 0.25) is 5.56 Å². The van der Waals surface area contributed by atoms with Gasteiger partial charge in [-0.1, -0.05) is 15.9 Å². The number of aromatic nitrogens is 1. The third-order valence-corrected chi connectivity index (χ3v) is 2.22. The SMILES string of the molecule is N#Cc1cc(=O)[nH]c(C(F)F)c1CBr. The summed E-state index contributed by atoms with van der Waals surface area (Å²) < 4.78 is 24.8. The quantitative estimate of drug-likeness (QED) is 0.830. The Balaban J connectivity index is 3.49. The Morgan fingerprint density at radius 1 is 1.64 bits per heavy atom. The highest BCUT2D eigenvalue weighted by Crippen LogP contribution is 2.23. The van der Waals surface area contributed by atoms with Crippen molar-refractivity contribution < 1.29 is 8.78 Å². The molecule has 0 amide bonds. The maximum absolute atomic E-state index is 12.4. The van der Waals surface area contributed by atoms with Crippen LogP contribution in [-0.4, -0.2) is 4.98 Å². The van der Waals surface area contributed by atoms with Gasteiger partial charge in [-0.3, -0.25) is 4.79 Å². The standard InChI is InChI=1S/C8H5BrF2N2O/c9-2-5-4(3-12)1-6(14)13-7(5)8(10)11/h1,8H,2H2,(H,13,14). The second kappa shape index (κ2) is 4.33. The van der Waals surface area contributed by atoms with E-state index in [9.17, 15) is 13.6 Å². The number of nitriles is 1. The van der Waals surface area contributed by atoms with Gasteiger partial charge < -0.3 is 4.98 Å². The molecule has 0 aliphatic heterocycles. The molecule has 1 heterocycles. The zero-order valence-electron chi connectivity index (χ0n) is 6.85. The number of rotatable bonds is 2. The summed E-state index contributed by atoms with van der Waals surface area (Å²) in [5.41, 5.74) is -1.09. The van der Waals surface area contributed by atoms with Crippen molar-refractivity contribution >= 4 is 15.9 Å². The van der Waals surface area contributed by atoms with Crippen molar-refractivity contribution in [3.63, 3.8) is 0 Å². The van der Waals surface area contributed by atoms with Crippen LogP contribution < -0.4 is 5.56 Å². The fourth-order valence-corrected chi connectivity index (χ4v) is 1.64. The molecule has 0 aliphatic carbocycles. The molecule has 74 valence electrons. The van der Waals surface area contributed by atoms with Crippen molar-refractivity contribution in [3.8, 4) is 6.07 Å². The van der Waals surface area contributed by atoms with Gasteiger partial charge in [0.1, 0.15) is 0 Å². The largest absolute Gasteiger partial charge is 0.321 e. The minimum absolute atomic E-state index is 0.0269. The van der Waals surface area contributed by atoms with E-state index in [0.717, 1.165) is 6.07 Å². The summed E-state index contributed by atoms with van der Waals surface area (Å²) in [6, 6.07) is 2.70. The van der Waals surface area contributed by atoms with Crippen molar-refractivity contribution in [2.75, 3.05) is 0 Å². The second-order valence-electron chi connectivity index (χ2n) is 2.49. The third kappa shape index (κ3) is 1.99. The molecule has 6 heteroatoms. The van der Waals surface area contributed by atoms with Crippen LogP contribution in [0.1, 0.15) is 23.2 Å². The van der Waals surface area contributed by atoms with E-state index in [0.29, 0.717) is 0 Å². The topological polar surface area (TPSA) is 56.6 Å². The van der Waals surface area contributed by atoms with E-state index in [1.807, 2.05) is 4.98 Å². The molecular weight excluding hydrogens is 258 g/mol. The Kier molecular flexibility index (Phi) is 3.36. The monoisotopic (exact) mass is 262 g/mol. The van der Waals surface area contributed by atoms with E-state index in [4.69, 9.17) is 5.26 Å². The molecule has 0 fully saturated rings. The molecule has 1 rings (SSSR count). The van der Waals surface area contributed by atoms with Gasteiger partial charge in [-0.15, -0.1) is 0 Å². The van der Waals surface area contributed by atoms with Crippen LogP contribution in [0.2, 0.25) is 0 Å². The Morgan fingerprint density at radius 2 is 2.29 bits per heavy atom. The van der Waals surface area contributed by atoms with Gasteiger partial charge in [0.25, 0.3) is 6.43 Å². The molecule has 0 spiro atoms. The molecule has 0 aromatic carbocycles. The van der Waals surface area contributed by atoms with Gasteiger partial charge in [0.15, 0.2) is 0 Å². The summed E-state index contributed by atoms with van der Waals surface area (Å²) in [7, 11) is 0. The minimum Gasteiger partial charge on any atom is -0.321 e. The van der Waals surface area contributed by atoms with Crippen LogP contribution in [0.5, 0.6) is 0 Å². The lowest BCUT2D eigenvalue weighted by Crippen LogP contribution is -2.12. The first-order chi connectivity index (χ1) is 6.60. The predicted molar refractivity (Wildman–Crippen MR) is 49.4 cm³/mol. The number of H-pyrrole nitrogens is 1. The summed E-state index contributed by atoms with van der Waals surface area (Å²) in [5.74, 6) is 0. The number of nitrogens with zero attached hydrogens (tertiary/aromatic N) is 1. The Morgan fingerprint density at radius 3 is 2.71 bits per heavy atom. The van der Waals surface area contributed by atoms with Gasteiger partial charge in [0, 0.05) is 17.0 Å². The first-order valence-electron chi connectivity index (χ1n) is 3.60. The predicted octanol–water partition coefficient (Wildman–Crippen LogP) is 2.08. The first-order valence-corrected chi connectivity index (χ1v) is 4.72. The van der Waals surface area contributed by atoms with E-state index in [1.54, 1.807) is 6.07 Å². The smallest absolute Gasteiger partial charge is 0.278 e. The molecule has 0 saturated carbocycles. The lowest BCUT2D eigenvalue weighted by Gasteiger charge is -2.06. The van der Waals surface area contributed by atoms with Gasteiger partial charge in [-0.25, -0.2) is 8.78 Å². The van der Waals surface area contributed by atoms with E-state index in [2.05, 4.69) is 15.9 Å². The molecule has 1 N–H and O–H groups in total. The maximum Gasteiger partial charge on any atom is 0.278 e. The summed E-state index contributed by atoms with van der Waals surface area (Å²) in [4.78, 5) is 12.9. The molecule has 14 heavy (non-hydrogen) atoms. The fourth-order valence-electron chi connectivity index (χ4n) is 1.04. The molecule has 0 unspecified atom stereocenters. The molecule has 0 bridgehead atoms. The second-order valence-corrected chi connectivity index (χ2v) is 3.05. The summed E-state index contributed by atoms with van der Waals surface area (Å²) in [5, 5.41) is 8.72. The summed E-state index contributed by atoms with van der Waals surface area (Å²) in [6.45, 7) is 0. The molecule has 3 nitrogen and oxygen atoms in total. The van der Waals surface area contributed by atoms with Gasteiger partial charge in [-0.05, 0) is 0 Å². The van der Waals surface area contributed by atoms with Crippen LogP contribution in [0.15, 0.2) is 10.9 Å². The Labute approximate surface area is 86.5 Å². The summed E-state index contributed by atoms with van der Waals surface area (Å²) >= 11 is 2.99. The van der Waals surface area contributed by atoms with Crippen molar-refractivity contribution in [1.82, 2.24) is 4.98 Å². The van der Waals surface area contributed by atoms with E-state index < -0.39 is 17.7 Å². The maximum atomic E-state index is 12.4. The Bertz CT molecular complexity index is 436. The molecule has 0 aliphatic rings. The highest BCUT2D eigenvalue weighted by molar-refractivity contribution is 9.08. The van der Waals surface area contributed by atoms with Crippen molar-refractivity contribution in [1.29, 1.82) is 5.26 Å². The van der Waals surface area contributed by atoms with Crippen LogP contribution in [0.3, 0.4) is 0 Å². The van der Waals surface area contributed by atoms with Gasteiger partial charge in [-0.2, -0.15) is 5.26 Å². The van der Waals surface area contributed by atoms with E-state index >= 15 is 0 Å². The average molecular weight is 263 g/mol. The Hall–Kier alpha value is -1.22. The molecule has 0 saturated heterocycles. The van der Waals surface area contributed by atoms with Crippen LogP contribution >= 0.6 is 15.9 Å². The highest BCUT2D eigenvalue weighted by atomic mass is 79.9. The number of pyridine rings is 1. The molecule has 0 radical (unpaired) electrons. The fraction of sp³-hybridized carbons (Fsp3) is 0.250. The van der Waals surface area contributed by atoms with E-state index in [-0.39, 0.29) is 16.5 Å². The number of nitrogens with one attached hydrogen (secondary N) is 1. The lowest BCUT2D eigenvalue weighted by atomic mass is 10.1. The number of alkyl halides is 3. The van der Waals surface area contributed by atoms with Crippen LogP contribution in [-0.2, 0) is 5.33 Å². The number of hydrogen-bond donors (Lipinski definition) is 1. The average Bonchev–Trinajstić information content (AvgIpc) is 2.16. The number of hydrogen-bond acceptors (Lipinski definition) is 2. The molecule has 1 aromatic heterocycles. The van der Waals surface area contributed by atoms with E-state index in [1.165, 1.54) is 0 Å². The normalized spacial score (nSPS) is 10.2. The lowest BCUT2D eigenvalue weighted by molar-refractivity contribution is 0.145. The van der Waals surface area contributed by atoms with Crippen molar-refractivity contribution in [3.05, 3.63) is 33.2 Å². The van der Waals surface area contributed by atoms with Crippen LogP contribution in [0.4, 0.5) is 8.78 Å². The van der Waals surface area contributed by atoms with Crippen molar-refractivity contribution in [2.45, 2.75) is 11.8 Å². The van der Waals surface area contributed by atoms with Gasteiger partial charge in [0.05, 0.1) is 17.3 Å². The molecular formula is C8H5BrF2N2O. The first kappa shape index (κ1) is 10.9. The van der Waals surface area contributed by atoms with Crippen LogP contribution in [0, 0.1) is 11.3 Å². The molecule has 0 atom stereocenters. The summed E-state index contributed by atoms with van der Waals surface area (Å²) in [6.07, 6.45) is -2.79. The zero-order chi connectivity index (χ0) is 10.7.